The van der Waals surface area contributed by atoms with Crippen molar-refractivity contribution in [3.05, 3.63) is 24.3 Å². The summed E-state index contributed by atoms with van der Waals surface area (Å²) in [6, 6.07) is 0. The third kappa shape index (κ3) is 4.02. The second-order valence-electron chi connectivity index (χ2n) is 4.79. The molecular formula is C14H20O4. The summed E-state index contributed by atoms with van der Waals surface area (Å²) in [6.45, 7) is 7.12. The maximum Gasteiger partial charge on any atom is 0.314 e. The molecule has 100 valence electrons. The average molecular weight is 252 g/mol. The lowest BCUT2D eigenvalue weighted by Crippen LogP contribution is -2.33. The maximum atomic E-state index is 11.9. The zero-order valence-corrected chi connectivity index (χ0v) is 11.3. The van der Waals surface area contributed by atoms with Gasteiger partial charge in [-0.15, -0.1) is 0 Å². The molecule has 1 aliphatic rings. The highest BCUT2D eigenvalue weighted by atomic mass is 16.5. The molecule has 0 aromatic rings. The molecular weight excluding hydrogens is 232 g/mol. The summed E-state index contributed by atoms with van der Waals surface area (Å²) in [6.07, 6.45) is 6.45. The summed E-state index contributed by atoms with van der Waals surface area (Å²) >= 11 is 0. The van der Waals surface area contributed by atoms with Crippen LogP contribution in [0, 0.1) is 11.8 Å². The molecule has 2 atom stereocenters. The van der Waals surface area contributed by atoms with Crippen molar-refractivity contribution >= 4 is 11.9 Å². The molecule has 0 saturated heterocycles. The minimum Gasteiger partial charge on any atom is -0.462 e. The predicted octanol–water partition coefficient (Wildman–Crippen LogP) is 2.25. The van der Waals surface area contributed by atoms with Gasteiger partial charge in [0.15, 0.2) is 0 Å². The molecule has 0 N–H and O–H groups in total. The zero-order chi connectivity index (χ0) is 13.7. The van der Waals surface area contributed by atoms with Gasteiger partial charge >= 0.3 is 11.9 Å². The first kappa shape index (κ1) is 14.5. The van der Waals surface area contributed by atoms with Gasteiger partial charge in [0.05, 0.1) is 24.0 Å². The summed E-state index contributed by atoms with van der Waals surface area (Å²) in [5.41, 5.74) is 0. The summed E-state index contributed by atoms with van der Waals surface area (Å²) < 4.78 is 10.3. The Morgan fingerprint density at radius 3 is 1.44 bits per heavy atom. The fourth-order valence-electron chi connectivity index (χ4n) is 1.68. The molecule has 0 fully saturated rings. The van der Waals surface area contributed by atoms with Crippen LogP contribution in [0.15, 0.2) is 24.3 Å². The van der Waals surface area contributed by atoms with Crippen LogP contribution < -0.4 is 0 Å². The first-order valence-corrected chi connectivity index (χ1v) is 6.17. The van der Waals surface area contributed by atoms with Crippen LogP contribution in [0.2, 0.25) is 0 Å². The Hall–Kier alpha value is -1.58. The van der Waals surface area contributed by atoms with Crippen molar-refractivity contribution in [2.45, 2.75) is 39.9 Å². The monoisotopic (exact) mass is 252 g/mol. The van der Waals surface area contributed by atoms with E-state index >= 15 is 0 Å². The van der Waals surface area contributed by atoms with Crippen LogP contribution in [0.5, 0.6) is 0 Å². The quantitative estimate of drug-likeness (QED) is 0.720. The van der Waals surface area contributed by atoms with Crippen molar-refractivity contribution in [1.82, 2.24) is 0 Å². The third-order valence-corrected chi connectivity index (χ3v) is 2.38. The van der Waals surface area contributed by atoms with E-state index in [0.717, 1.165) is 0 Å². The van der Waals surface area contributed by atoms with Gasteiger partial charge in [-0.1, -0.05) is 24.3 Å². The minimum atomic E-state index is -0.594. The number of hydrogen-bond donors (Lipinski definition) is 0. The molecule has 0 heterocycles. The van der Waals surface area contributed by atoms with Crippen molar-refractivity contribution in [3.8, 4) is 0 Å². The Kier molecular flexibility index (Phi) is 5.13. The van der Waals surface area contributed by atoms with Crippen LogP contribution in [0.4, 0.5) is 0 Å². The van der Waals surface area contributed by atoms with Crippen LogP contribution in [0.25, 0.3) is 0 Å². The van der Waals surface area contributed by atoms with Crippen LogP contribution >= 0.6 is 0 Å². The molecule has 0 spiro atoms. The van der Waals surface area contributed by atoms with Gasteiger partial charge in [-0.3, -0.25) is 9.59 Å². The molecule has 1 rings (SSSR count). The van der Waals surface area contributed by atoms with Gasteiger partial charge in [0.1, 0.15) is 0 Å². The standard InChI is InChI=1S/C14H20O4/c1-9(2)17-13(15)11-7-5-6-8-12(11)14(16)18-10(3)4/h5-12H,1-4H3. The SMILES string of the molecule is CC(C)OC(=O)C1C=CC=CC1C(=O)OC(C)C. The normalized spacial score (nSPS) is 22.3. The Balaban J connectivity index is 2.75. The molecule has 4 nitrogen and oxygen atoms in total. The second-order valence-corrected chi connectivity index (χ2v) is 4.79. The van der Waals surface area contributed by atoms with E-state index in [-0.39, 0.29) is 12.2 Å². The number of rotatable bonds is 4. The fraction of sp³-hybridized carbons (Fsp3) is 0.571. The first-order chi connectivity index (χ1) is 8.41. The number of ether oxygens (including phenoxy) is 2. The fourth-order valence-corrected chi connectivity index (χ4v) is 1.68. The lowest BCUT2D eigenvalue weighted by atomic mass is 9.88. The Labute approximate surface area is 108 Å². The molecule has 0 radical (unpaired) electrons. The highest BCUT2D eigenvalue weighted by Crippen LogP contribution is 2.23. The average Bonchev–Trinajstić information content (AvgIpc) is 2.27. The van der Waals surface area contributed by atoms with E-state index in [1.54, 1.807) is 52.0 Å². The van der Waals surface area contributed by atoms with Crippen molar-refractivity contribution in [3.63, 3.8) is 0 Å². The summed E-state index contributed by atoms with van der Waals surface area (Å²) in [4.78, 5) is 23.8. The molecule has 0 saturated carbocycles. The van der Waals surface area contributed by atoms with Gasteiger partial charge in [-0.25, -0.2) is 0 Å². The smallest absolute Gasteiger partial charge is 0.314 e. The summed E-state index contributed by atoms with van der Waals surface area (Å²) in [5.74, 6) is -1.97. The molecule has 1 aliphatic carbocycles. The number of allylic oxidation sites excluding steroid dienone is 2. The van der Waals surface area contributed by atoms with Crippen LogP contribution in [-0.4, -0.2) is 24.1 Å². The molecule has 4 heteroatoms. The van der Waals surface area contributed by atoms with Crippen LogP contribution in [0.3, 0.4) is 0 Å². The molecule has 0 aromatic carbocycles. The van der Waals surface area contributed by atoms with Gasteiger partial charge in [-0.2, -0.15) is 0 Å². The highest BCUT2D eigenvalue weighted by Gasteiger charge is 2.34. The Morgan fingerprint density at radius 1 is 0.833 bits per heavy atom. The topological polar surface area (TPSA) is 52.6 Å². The van der Waals surface area contributed by atoms with Crippen molar-refractivity contribution in [2.24, 2.45) is 11.8 Å². The molecule has 2 unspecified atom stereocenters. The van der Waals surface area contributed by atoms with Gasteiger partial charge in [0.2, 0.25) is 0 Å². The molecule has 0 aromatic heterocycles. The molecule has 18 heavy (non-hydrogen) atoms. The van der Waals surface area contributed by atoms with E-state index < -0.39 is 23.8 Å². The predicted molar refractivity (Wildman–Crippen MR) is 67.7 cm³/mol. The minimum absolute atomic E-state index is 0.196. The molecule has 0 aliphatic heterocycles. The van der Waals surface area contributed by atoms with E-state index in [4.69, 9.17) is 9.47 Å². The van der Waals surface area contributed by atoms with Crippen molar-refractivity contribution in [1.29, 1.82) is 0 Å². The van der Waals surface area contributed by atoms with Gasteiger partial charge in [0, 0.05) is 0 Å². The van der Waals surface area contributed by atoms with Gasteiger partial charge < -0.3 is 9.47 Å². The van der Waals surface area contributed by atoms with Gasteiger partial charge in [-0.05, 0) is 27.7 Å². The van der Waals surface area contributed by atoms with Crippen LogP contribution in [-0.2, 0) is 19.1 Å². The third-order valence-electron chi connectivity index (χ3n) is 2.38. The lowest BCUT2D eigenvalue weighted by Gasteiger charge is -2.23. The van der Waals surface area contributed by atoms with Crippen LogP contribution in [0.1, 0.15) is 27.7 Å². The molecule has 0 amide bonds. The van der Waals surface area contributed by atoms with E-state index in [0.29, 0.717) is 0 Å². The van der Waals surface area contributed by atoms with Crippen molar-refractivity contribution in [2.75, 3.05) is 0 Å². The second kappa shape index (κ2) is 6.38. The highest BCUT2D eigenvalue weighted by molar-refractivity contribution is 5.85. The van der Waals surface area contributed by atoms with E-state index in [1.165, 1.54) is 0 Å². The number of carbonyl (C=O) groups excluding carboxylic acids is 2. The summed E-state index contributed by atoms with van der Waals surface area (Å²) in [5, 5.41) is 0. The largest absolute Gasteiger partial charge is 0.462 e. The first-order valence-electron chi connectivity index (χ1n) is 6.17. The summed E-state index contributed by atoms with van der Waals surface area (Å²) in [7, 11) is 0. The van der Waals surface area contributed by atoms with E-state index in [1.807, 2.05) is 0 Å². The van der Waals surface area contributed by atoms with E-state index in [9.17, 15) is 9.59 Å². The lowest BCUT2D eigenvalue weighted by molar-refractivity contribution is -0.161. The maximum absolute atomic E-state index is 11.9. The Morgan fingerprint density at radius 2 is 1.17 bits per heavy atom. The van der Waals surface area contributed by atoms with Crippen molar-refractivity contribution < 1.29 is 19.1 Å². The number of esters is 2. The molecule has 0 bridgehead atoms. The zero-order valence-electron chi connectivity index (χ0n) is 11.3. The Bertz CT molecular complexity index is 330. The van der Waals surface area contributed by atoms with E-state index in [2.05, 4.69) is 0 Å². The van der Waals surface area contributed by atoms with Gasteiger partial charge in [0.25, 0.3) is 0 Å². The number of hydrogen-bond acceptors (Lipinski definition) is 4. The number of carbonyl (C=O) groups is 2.